The van der Waals surface area contributed by atoms with Gasteiger partial charge in [0, 0.05) is 45.1 Å². The number of hydrogen-bond donors (Lipinski definition) is 2. The minimum absolute atomic E-state index is 0.0943. The Morgan fingerprint density at radius 3 is 3.29 bits per heavy atom. The van der Waals surface area contributed by atoms with Crippen LogP contribution in [0.15, 0.2) is 12.4 Å². The predicted molar refractivity (Wildman–Crippen MR) is 79.0 cm³/mol. The molecule has 2 amide bonds. The van der Waals surface area contributed by atoms with Gasteiger partial charge in [-0.15, -0.1) is 0 Å². The van der Waals surface area contributed by atoms with Crippen LogP contribution in [0, 0.1) is 5.92 Å². The number of aromatic nitrogens is 2. The predicted octanol–water partition coefficient (Wildman–Crippen LogP) is 1.31. The van der Waals surface area contributed by atoms with Gasteiger partial charge in [0.05, 0.1) is 5.60 Å². The Balaban J connectivity index is 1.38. The summed E-state index contributed by atoms with van der Waals surface area (Å²) < 4.78 is 7.84. The van der Waals surface area contributed by atoms with Crippen LogP contribution in [-0.2, 0) is 17.7 Å². The maximum atomic E-state index is 11.9. The molecule has 2 atom stereocenters. The van der Waals surface area contributed by atoms with E-state index in [1.807, 2.05) is 12.4 Å². The molecule has 0 bridgehead atoms. The molecule has 116 valence electrons. The number of nitrogens with zero attached hydrogens (tertiary/aromatic N) is 2. The third-order valence-electron chi connectivity index (χ3n) is 4.51. The summed E-state index contributed by atoms with van der Waals surface area (Å²) in [6.07, 6.45) is 8.03. The first-order chi connectivity index (χ1) is 10.1. The third kappa shape index (κ3) is 3.56. The van der Waals surface area contributed by atoms with E-state index in [0.717, 1.165) is 44.7 Å². The second kappa shape index (κ2) is 6.05. The Labute approximate surface area is 125 Å². The normalized spacial score (nSPS) is 28.1. The fraction of sp³-hybridized carbons (Fsp3) is 0.733. The number of fused-ring (bicyclic) bond motifs is 1. The summed E-state index contributed by atoms with van der Waals surface area (Å²) >= 11 is 0. The Morgan fingerprint density at radius 1 is 1.57 bits per heavy atom. The average Bonchev–Trinajstić information content (AvgIpc) is 3.11. The summed E-state index contributed by atoms with van der Waals surface area (Å²) in [6, 6.07) is -0.0943. The van der Waals surface area contributed by atoms with Crippen molar-refractivity contribution in [3.63, 3.8) is 0 Å². The first kappa shape index (κ1) is 14.4. The number of imidazole rings is 1. The van der Waals surface area contributed by atoms with E-state index in [0.29, 0.717) is 19.0 Å². The number of ether oxygens (including phenoxy) is 1. The van der Waals surface area contributed by atoms with Crippen LogP contribution in [0.25, 0.3) is 0 Å². The summed E-state index contributed by atoms with van der Waals surface area (Å²) in [6.45, 7) is 5.09. The maximum absolute atomic E-state index is 11.9. The average molecular weight is 292 g/mol. The van der Waals surface area contributed by atoms with E-state index in [1.54, 1.807) is 0 Å². The zero-order chi connectivity index (χ0) is 14.7. The van der Waals surface area contributed by atoms with Crippen molar-refractivity contribution >= 4 is 6.03 Å². The van der Waals surface area contributed by atoms with Crippen molar-refractivity contribution in [2.75, 3.05) is 19.7 Å². The lowest BCUT2D eigenvalue weighted by Gasteiger charge is -2.25. The van der Waals surface area contributed by atoms with E-state index < -0.39 is 0 Å². The van der Waals surface area contributed by atoms with Crippen molar-refractivity contribution in [1.29, 1.82) is 0 Å². The summed E-state index contributed by atoms with van der Waals surface area (Å²) in [4.78, 5) is 16.2. The number of carbonyl (C=O) groups is 1. The number of aryl methyl sites for hydroxylation is 1. The molecular weight excluding hydrogens is 268 g/mol. The summed E-state index contributed by atoms with van der Waals surface area (Å²) in [7, 11) is 0. The maximum Gasteiger partial charge on any atom is 0.314 e. The van der Waals surface area contributed by atoms with Crippen molar-refractivity contribution in [3.8, 4) is 0 Å². The zero-order valence-electron chi connectivity index (χ0n) is 12.6. The van der Waals surface area contributed by atoms with Gasteiger partial charge in [-0.25, -0.2) is 9.78 Å². The topological polar surface area (TPSA) is 68.2 Å². The van der Waals surface area contributed by atoms with E-state index in [9.17, 15) is 4.79 Å². The number of rotatable bonds is 4. The highest BCUT2D eigenvalue weighted by atomic mass is 16.5. The highest BCUT2D eigenvalue weighted by Gasteiger charge is 2.30. The molecule has 0 aromatic carbocycles. The van der Waals surface area contributed by atoms with Crippen LogP contribution < -0.4 is 10.6 Å². The lowest BCUT2D eigenvalue weighted by Crippen LogP contribution is -2.46. The quantitative estimate of drug-likeness (QED) is 0.879. The molecule has 0 radical (unpaired) electrons. The minimum Gasteiger partial charge on any atom is -0.373 e. The Kier molecular flexibility index (Phi) is 4.14. The van der Waals surface area contributed by atoms with Crippen LogP contribution in [0.4, 0.5) is 4.79 Å². The molecule has 21 heavy (non-hydrogen) atoms. The molecule has 6 nitrogen and oxygen atoms in total. The fourth-order valence-corrected chi connectivity index (χ4v) is 3.15. The standard InChI is InChI=1S/C15H24N4O2/c1-15(5-2-8-21-15)11-18-14(20)17-9-12-3-4-13-16-6-7-19(13)10-12/h6-7,12H,2-5,8-11H2,1H3,(H2,17,18,20)/t12-,15+/m1/s1. The number of carbonyl (C=O) groups excluding carboxylic acids is 1. The molecule has 2 N–H and O–H groups in total. The molecule has 0 saturated carbocycles. The molecule has 2 aliphatic rings. The smallest absolute Gasteiger partial charge is 0.314 e. The Bertz CT molecular complexity index is 494. The van der Waals surface area contributed by atoms with Crippen LogP contribution in [0.3, 0.4) is 0 Å². The van der Waals surface area contributed by atoms with Crippen molar-refractivity contribution in [2.24, 2.45) is 5.92 Å². The van der Waals surface area contributed by atoms with Crippen molar-refractivity contribution in [2.45, 2.75) is 44.8 Å². The van der Waals surface area contributed by atoms with E-state index >= 15 is 0 Å². The number of urea groups is 1. The molecule has 3 rings (SSSR count). The molecule has 1 aromatic heterocycles. The van der Waals surface area contributed by atoms with Gasteiger partial charge in [0.15, 0.2) is 0 Å². The molecule has 0 spiro atoms. The van der Waals surface area contributed by atoms with Gasteiger partial charge in [0.2, 0.25) is 0 Å². The summed E-state index contributed by atoms with van der Waals surface area (Å²) in [5.74, 6) is 1.64. The third-order valence-corrected chi connectivity index (χ3v) is 4.51. The van der Waals surface area contributed by atoms with E-state index in [1.165, 1.54) is 0 Å². The van der Waals surface area contributed by atoms with Gasteiger partial charge in [-0.2, -0.15) is 0 Å². The van der Waals surface area contributed by atoms with Crippen molar-refractivity contribution in [1.82, 2.24) is 20.2 Å². The lowest BCUT2D eigenvalue weighted by atomic mass is 9.99. The summed E-state index contributed by atoms with van der Waals surface area (Å²) in [5, 5.41) is 5.90. The monoisotopic (exact) mass is 292 g/mol. The largest absolute Gasteiger partial charge is 0.373 e. The Hall–Kier alpha value is -1.56. The molecule has 1 saturated heterocycles. The van der Waals surface area contributed by atoms with E-state index in [2.05, 4.69) is 27.1 Å². The van der Waals surface area contributed by atoms with Crippen LogP contribution in [0.2, 0.25) is 0 Å². The number of nitrogens with one attached hydrogen (secondary N) is 2. The van der Waals surface area contributed by atoms with Gasteiger partial charge in [0.25, 0.3) is 0 Å². The molecule has 2 aliphatic heterocycles. The SMILES string of the molecule is C[C@@]1(CNC(=O)NC[C@H]2CCc3nccn3C2)CCCO1. The summed E-state index contributed by atoms with van der Waals surface area (Å²) in [5.41, 5.74) is -0.187. The molecule has 0 aliphatic carbocycles. The first-order valence-corrected chi connectivity index (χ1v) is 7.80. The second-order valence-corrected chi connectivity index (χ2v) is 6.37. The molecule has 1 aromatic rings. The molecule has 1 fully saturated rings. The van der Waals surface area contributed by atoms with Gasteiger partial charge in [-0.3, -0.25) is 0 Å². The van der Waals surface area contributed by atoms with Crippen molar-refractivity contribution in [3.05, 3.63) is 18.2 Å². The number of hydrogen-bond acceptors (Lipinski definition) is 3. The second-order valence-electron chi connectivity index (χ2n) is 6.37. The molecule has 0 unspecified atom stereocenters. The van der Waals surface area contributed by atoms with Crippen LogP contribution in [0.1, 0.15) is 32.0 Å². The lowest BCUT2D eigenvalue weighted by molar-refractivity contribution is 0.0229. The number of amides is 2. The van der Waals surface area contributed by atoms with Gasteiger partial charge in [-0.1, -0.05) is 0 Å². The van der Waals surface area contributed by atoms with Gasteiger partial charge >= 0.3 is 6.03 Å². The Morgan fingerprint density at radius 2 is 2.48 bits per heavy atom. The first-order valence-electron chi connectivity index (χ1n) is 7.80. The minimum atomic E-state index is -0.187. The van der Waals surface area contributed by atoms with E-state index in [-0.39, 0.29) is 11.6 Å². The molecular formula is C15H24N4O2. The van der Waals surface area contributed by atoms with Gasteiger partial charge < -0.3 is 19.9 Å². The van der Waals surface area contributed by atoms with Crippen LogP contribution in [0.5, 0.6) is 0 Å². The highest BCUT2D eigenvalue weighted by Crippen LogP contribution is 2.23. The van der Waals surface area contributed by atoms with Gasteiger partial charge in [0.1, 0.15) is 5.82 Å². The fourth-order valence-electron chi connectivity index (χ4n) is 3.15. The van der Waals surface area contributed by atoms with E-state index in [4.69, 9.17) is 4.74 Å². The molecule has 6 heteroatoms. The van der Waals surface area contributed by atoms with Crippen LogP contribution in [-0.4, -0.2) is 40.9 Å². The van der Waals surface area contributed by atoms with Crippen LogP contribution >= 0.6 is 0 Å². The van der Waals surface area contributed by atoms with Crippen molar-refractivity contribution < 1.29 is 9.53 Å². The highest BCUT2D eigenvalue weighted by molar-refractivity contribution is 5.73. The molecule has 3 heterocycles. The van der Waals surface area contributed by atoms with Gasteiger partial charge in [-0.05, 0) is 32.1 Å². The zero-order valence-corrected chi connectivity index (χ0v) is 12.6.